The first kappa shape index (κ1) is 9.85. The van der Waals surface area contributed by atoms with Crippen LogP contribution < -0.4 is 5.73 Å². The molecule has 2 rings (SSSR count). The lowest BCUT2D eigenvalue weighted by molar-refractivity contribution is 0.598. The van der Waals surface area contributed by atoms with E-state index in [9.17, 15) is 0 Å². The van der Waals surface area contributed by atoms with Gasteiger partial charge in [-0.1, -0.05) is 5.21 Å². The van der Waals surface area contributed by atoms with Crippen LogP contribution in [0.25, 0.3) is 11.3 Å². The molecule has 2 heterocycles. The van der Waals surface area contributed by atoms with Crippen molar-refractivity contribution >= 4 is 0 Å². The van der Waals surface area contributed by atoms with Gasteiger partial charge in [-0.05, 0) is 6.92 Å². The molecule has 0 aliphatic carbocycles. The SMILES string of the molecule is Cc1c(-c2cn(CCN)nn2)cnn1C. The molecule has 0 atom stereocenters. The van der Waals surface area contributed by atoms with Crippen LogP contribution in [0.1, 0.15) is 5.69 Å². The molecular weight excluding hydrogens is 192 g/mol. The average molecular weight is 206 g/mol. The van der Waals surface area contributed by atoms with Gasteiger partial charge in [0.1, 0.15) is 5.69 Å². The van der Waals surface area contributed by atoms with Crippen molar-refractivity contribution in [3.8, 4) is 11.3 Å². The number of hydrogen-bond acceptors (Lipinski definition) is 4. The molecule has 0 radical (unpaired) electrons. The maximum absolute atomic E-state index is 5.44. The van der Waals surface area contributed by atoms with E-state index in [0.717, 1.165) is 17.0 Å². The molecule has 2 N–H and O–H groups in total. The summed E-state index contributed by atoms with van der Waals surface area (Å²) in [5, 5.41) is 12.2. The number of aromatic nitrogens is 5. The highest BCUT2D eigenvalue weighted by molar-refractivity contribution is 5.59. The molecule has 6 heteroatoms. The Bertz CT molecular complexity index is 455. The predicted molar refractivity (Wildman–Crippen MR) is 56.0 cm³/mol. The first-order valence-electron chi connectivity index (χ1n) is 4.81. The predicted octanol–water partition coefficient (Wildman–Crippen LogP) is -0.0543. The summed E-state index contributed by atoms with van der Waals surface area (Å²) in [4.78, 5) is 0. The van der Waals surface area contributed by atoms with Crippen LogP contribution >= 0.6 is 0 Å². The van der Waals surface area contributed by atoms with Gasteiger partial charge in [0.15, 0.2) is 0 Å². The molecule has 0 saturated carbocycles. The zero-order chi connectivity index (χ0) is 10.8. The normalized spacial score (nSPS) is 10.9. The molecule has 2 aromatic heterocycles. The van der Waals surface area contributed by atoms with Gasteiger partial charge < -0.3 is 5.73 Å². The number of rotatable bonds is 3. The number of hydrogen-bond donors (Lipinski definition) is 1. The number of nitrogens with two attached hydrogens (primary N) is 1. The zero-order valence-corrected chi connectivity index (χ0v) is 8.88. The van der Waals surface area contributed by atoms with Crippen molar-refractivity contribution in [1.82, 2.24) is 24.8 Å². The van der Waals surface area contributed by atoms with Crippen LogP contribution in [0, 0.1) is 6.92 Å². The van der Waals surface area contributed by atoms with Gasteiger partial charge in [-0.3, -0.25) is 9.36 Å². The Morgan fingerprint density at radius 3 is 2.87 bits per heavy atom. The summed E-state index contributed by atoms with van der Waals surface area (Å²) in [6.07, 6.45) is 3.68. The van der Waals surface area contributed by atoms with Crippen LogP contribution in [-0.4, -0.2) is 31.3 Å². The summed E-state index contributed by atoms with van der Waals surface area (Å²) < 4.78 is 3.55. The van der Waals surface area contributed by atoms with Crippen LogP contribution in [0.2, 0.25) is 0 Å². The minimum absolute atomic E-state index is 0.564. The van der Waals surface area contributed by atoms with E-state index in [1.807, 2.05) is 24.9 Å². The lowest BCUT2D eigenvalue weighted by atomic mass is 10.2. The first-order valence-corrected chi connectivity index (χ1v) is 4.81. The van der Waals surface area contributed by atoms with Crippen molar-refractivity contribution in [3.63, 3.8) is 0 Å². The zero-order valence-electron chi connectivity index (χ0n) is 8.88. The molecule has 0 unspecified atom stereocenters. The molecule has 0 aliphatic heterocycles. The van der Waals surface area contributed by atoms with E-state index >= 15 is 0 Å². The molecule has 0 aliphatic rings. The van der Waals surface area contributed by atoms with Gasteiger partial charge in [0.25, 0.3) is 0 Å². The lowest BCUT2D eigenvalue weighted by Crippen LogP contribution is -2.10. The standard InChI is InChI=1S/C9H14N6/c1-7-8(5-11-14(7)2)9-6-15(4-3-10)13-12-9/h5-6H,3-4,10H2,1-2H3. The van der Waals surface area contributed by atoms with Crippen LogP contribution in [-0.2, 0) is 13.6 Å². The van der Waals surface area contributed by atoms with Gasteiger partial charge in [0.05, 0.1) is 18.9 Å². The Balaban J connectivity index is 2.33. The van der Waals surface area contributed by atoms with Crippen molar-refractivity contribution in [2.75, 3.05) is 6.54 Å². The smallest absolute Gasteiger partial charge is 0.116 e. The Morgan fingerprint density at radius 1 is 1.47 bits per heavy atom. The van der Waals surface area contributed by atoms with E-state index in [4.69, 9.17) is 5.73 Å². The molecule has 2 aromatic rings. The highest BCUT2D eigenvalue weighted by atomic mass is 15.4. The molecule has 0 fully saturated rings. The summed E-state index contributed by atoms with van der Waals surface area (Å²) >= 11 is 0. The second-order valence-corrected chi connectivity index (χ2v) is 3.42. The summed E-state index contributed by atoms with van der Waals surface area (Å²) in [6, 6.07) is 0. The van der Waals surface area contributed by atoms with Crippen molar-refractivity contribution in [2.45, 2.75) is 13.5 Å². The number of aryl methyl sites for hydroxylation is 1. The van der Waals surface area contributed by atoms with Gasteiger partial charge >= 0.3 is 0 Å². The molecule has 0 spiro atoms. The van der Waals surface area contributed by atoms with E-state index in [2.05, 4.69) is 15.4 Å². The minimum Gasteiger partial charge on any atom is -0.329 e. The van der Waals surface area contributed by atoms with Gasteiger partial charge in [0.2, 0.25) is 0 Å². The molecule has 0 saturated heterocycles. The Morgan fingerprint density at radius 2 is 2.27 bits per heavy atom. The Labute approximate surface area is 87.7 Å². The van der Waals surface area contributed by atoms with Gasteiger partial charge in [0, 0.05) is 24.8 Å². The van der Waals surface area contributed by atoms with Crippen molar-refractivity contribution in [3.05, 3.63) is 18.1 Å². The maximum atomic E-state index is 5.44. The van der Waals surface area contributed by atoms with E-state index < -0.39 is 0 Å². The van der Waals surface area contributed by atoms with E-state index in [0.29, 0.717) is 13.1 Å². The third kappa shape index (κ3) is 1.75. The topological polar surface area (TPSA) is 74.6 Å². The van der Waals surface area contributed by atoms with Gasteiger partial charge in [-0.25, -0.2) is 0 Å². The van der Waals surface area contributed by atoms with Gasteiger partial charge in [-0.2, -0.15) is 5.10 Å². The monoisotopic (exact) mass is 206 g/mol. The third-order valence-electron chi connectivity index (χ3n) is 2.41. The Hall–Kier alpha value is -1.69. The Kier molecular flexibility index (Phi) is 2.51. The fourth-order valence-corrected chi connectivity index (χ4v) is 1.41. The molecule has 0 aromatic carbocycles. The van der Waals surface area contributed by atoms with Crippen molar-refractivity contribution in [1.29, 1.82) is 0 Å². The quantitative estimate of drug-likeness (QED) is 0.763. The first-order chi connectivity index (χ1) is 7.22. The fraction of sp³-hybridized carbons (Fsp3) is 0.444. The molecule has 6 nitrogen and oxygen atoms in total. The lowest BCUT2D eigenvalue weighted by Gasteiger charge is -1.95. The van der Waals surface area contributed by atoms with Crippen LogP contribution in [0.15, 0.2) is 12.4 Å². The van der Waals surface area contributed by atoms with Crippen molar-refractivity contribution in [2.24, 2.45) is 12.8 Å². The molecule has 15 heavy (non-hydrogen) atoms. The van der Waals surface area contributed by atoms with Crippen LogP contribution in [0.5, 0.6) is 0 Å². The fourth-order valence-electron chi connectivity index (χ4n) is 1.41. The second-order valence-electron chi connectivity index (χ2n) is 3.42. The maximum Gasteiger partial charge on any atom is 0.116 e. The summed E-state index contributed by atoms with van der Waals surface area (Å²) in [5.41, 5.74) is 8.37. The highest BCUT2D eigenvalue weighted by Crippen LogP contribution is 2.19. The molecule has 0 amide bonds. The summed E-state index contributed by atoms with van der Waals surface area (Å²) in [6.45, 7) is 3.26. The summed E-state index contributed by atoms with van der Waals surface area (Å²) in [5.74, 6) is 0. The third-order valence-corrected chi connectivity index (χ3v) is 2.41. The minimum atomic E-state index is 0.564. The van der Waals surface area contributed by atoms with E-state index in [1.54, 1.807) is 10.9 Å². The average Bonchev–Trinajstić information content (AvgIpc) is 2.77. The van der Waals surface area contributed by atoms with Crippen LogP contribution in [0.3, 0.4) is 0 Å². The van der Waals surface area contributed by atoms with E-state index in [1.165, 1.54) is 0 Å². The summed E-state index contributed by atoms with van der Waals surface area (Å²) in [7, 11) is 1.91. The largest absolute Gasteiger partial charge is 0.329 e. The molecule has 80 valence electrons. The molecular formula is C9H14N6. The number of nitrogens with zero attached hydrogens (tertiary/aromatic N) is 5. The van der Waals surface area contributed by atoms with Crippen LogP contribution in [0.4, 0.5) is 0 Å². The van der Waals surface area contributed by atoms with E-state index in [-0.39, 0.29) is 0 Å². The molecule has 0 bridgehead atoms. The highest BCUT2D eigenvalue weighted by Gasteiger charge is 2.09. The second kappa shape index (κ2) is 3.82. The van der Waals surface area contributed by atoms with Gasteiger partial charge in [-0.15, -0.1) is 5.10 Å². The van der Waals surface area contributed by atoms with Crippen molar-refractivity contribution < 1.29 is 0 Å².